The Balaban J connectivity index is 2.11. The van der Waals surface area contributed by atoms with E-state index >= 15 is 0 Å². The van der Waals surface area contributed by atoms with E-state index in [-0.39, 0.29) is 22.1 Å². The predicted octanol–water partition coefficient (Wildman–Crippen LogP) is 3.37. The lowest BCUT2D eigenvalue weighted by Crippen LogP contribution is -2.24. The van der Waals surface area contributed by atoms with Crippen molar-refractivity contribution in [1.82, 2.24) is 0 Å². The second-order valence-corrected chi connectivity index (χ2v) is 6.64. The fourth-order valence-electron chi connectivity index (χ4n) is 2.90. The molecular weight excluding hydrogens is 338 g/mol. The molecule has 2 aromatic rings. The number of nitrogens with two attached hydrogens (primary N) is 1. The van der Waals surface area contributed by atoms with Gasteiger partial charge >= 0.3 is 0 Å². The average Bonchev–Trinajstić information content (AvgIpc) is 2.97. The van der Waals surface area contributed by atoms with Gasteiger partial charge in [0.2, 0.25) is 0 Å². The minimum Gasteiger partial charge on any atom is -0.393 e. The summed E-state index contributed by atoms with van der Waals surface area (Å²) in [6, 6.07) is 16.8. The molecule has 1 aliphatic heterocycles. The van der Waals surface area contributed by atoms with Crippen LogP contribution in [0.3, 0.4) is 0 Å². The van der Waals surface area contributed by atoms with Crippen molar-refractivity contribution in [3.8, 4) is 6.07 Å². The van der Waals surface area contributed by atoms with Crippen LogP contribution in [0.15, 0.2) is 65.2 Å². The van der Waals surface area contributed by atoms with Gasteiger partial charge in [0.05, 0.1) is 26.8 Å². The first-order valence-corrected chi connectivity index (χ1v) is 8.31. The molecule has 0 radical (unpaired) electrons. The maximum Gasteiger partial charge on any atom is 0.273 e. The van der Waals surface area contributed by atoms with Crippen LogP contribution in [0.1, 0.15) is 21.8 Å². The lowest BCUT2D eigenvalue weighted by Gasteiger charge is -2.19. The van der Waals surface area contributed by atoms with Crippen LogP contribution in [0.5, 0.6) is 0 Å². The number of benzene rings is 2. The van der Waals surface area contributed by atoms with E-state index in [1.807, 2.05) is 6.07 Å². The maximum atomic E-state index is 12.9. The van der Waals surface area contributed by atoms with Crippen LogP contribution in [-0.2, 0) is 0 Å². The third-order valence-corrected chi connectivity index (χ3v) is 5.25. The zero-order valence-corrected chi connectivity index (χ0v) is 13.8. The van der Waals surface area contributed by atoms with Gasteiger partial charge in [-0.15, -0.1) is 0 Å². The highest BCUT2D eigenvalue weighted by Gasteiger charge is 2.43. The molecule has 0 saturated heterocycles. The molecule has 7 heteroatoms. The third kappa shape index (κ3) is 2.99. The van der Waals surface area contributed by atoms with Crippen molar-refractivity contribution in [2.75, 3.05) is 0 Å². The molecule has 0 aromatic heterocycles. The van der Waals surface area contributed by atoms with Crippen molar-refractivity contribution in [2.45, 2.75) is 11.2 Å². The number of nitrogens with zero attached hydrogens (tertiary/aromatic N) is 2. The van der Waals surface area contributed by atoms with Crippen molar-refractivity contribution < 1.29 is 9.72 Å². The predicted molar refractivity (Wildman–Crippen MR) is 94.8 cm³/mol. The van der Waals surface area contributed by atoms with Crippen LogP contribution in [0.4, 0.5) is 5.69 Å². The Morgan fingerprint density at radius 3 is 2.44 bits per heavy atom. The normalized spacial score (nSPS) is 19.5. The summed E-state index contributed by atoms with van der Waals surface area (Å²) < 4.78 is 0. The molecule has 0 unspecified atom stereocenters. The summed E-state index contributed by atoms with van der Waals surface area (Å²) in [6.45, 7) is 0. The summed E-state index contributed by atoms with van der Waals surface area (Å²) in [5.41, 5.74) is 6.83. The number of thioether (sulfide) groups is 1. The molecule has 0 aliphatic carbocycles. The quantitative estimate of drug-likeness (QED) is 0.514. The largest absolute Gasteiger partial charge is 0.393 e. The van der Waals surface area contributed by atoms with Crippen LogP contribution in [0, 0.1) is 21.4 Å². The Kier molecular flexibility index (Phi) is 4.55. The summed E-state index contributed by atoms with van der Waals surface area (Å²) in [4.78, 5) is 23.8. The fourth-order valence-corrected chi connectivity index (χ4v) is 4.14. The molecule has 0 spiro atoms. The van der Waals surface area contributed by atoms with Gasteiger partial charge in [0, 0.05) is 23.1 Å². The number of nitriles is 1. The smallest absolute Gasteiger partial charge is 0.273 e. The summed E-state index contributed by atoms with van der Waals surface area (Å²) in [5.74, 6) is -0.953. The number of nitro benzene ring substituents is 1. The fraction of sp³-hybridized carbons (Fsp3) is 0.111. The van der Waals surface area contributed by atoms with Crippen LogP contribution in [0.2, 0.25) is 0 Å². The molecule has 0 bridgehead atoms. The molecule has 0 fully saturated rings. The minimum absolute atomic E-state index is 0.124. The van der Waals surface area contributed by atoms with Gasteiger partial charge in [-0.1, -0.05) is 60.3 Å². The van der Waals surface area contributed by atoms with Gasteiger partial charge in [0.15, 0.2) is 5.78 Å². The minimum atomic E-state index is -0.746. The number of nitro groups is 1. The standard InChI is InChI=1S/C18H13N3O3S/c19-10-13-15(12-8-4-5-9-14(12)21(23)24)17(25-18(13)20)16(22)11-6-2-1-3-7-11/h1-9,15,17H,20H2/t15-,17-/m0/s1. The van der Waals surface area contributed by atoms with E-state index in [0.29, 0.717) is 11.1 Å². The number of carbonyl (C=O) groups is 1. The molecule has 1 aliphatic rings. The highest BCUT2D eigenvalue weighted by Crippen LogP contribution is 2.48. The van der Waals surface area contributed by atoms with Gasteiger partial charge in [0.1, 0.15) is 0 Å². The molecule has 1 heterocycles. The Labute approximate surface area is 148 Å². The second kappa shape index (κ2) is 6.79. The number of para-hydroxylation sites is 1. The summed E-state index contributed by atoms with van der Waals surface area (Å²) in [6.07, 6.45) is 0. The van der Waals surface area contributed by atoms with E-state index in [2.05, 4.69) is 0 Å². The first kappa shape index (κ1) is 16.7. The highest BCUT2D eigenvalue weighted by molar-refractivity contribution is 8.04. The van der Waals surface area contributed by atoms with E-state index in [1.165, 1.54) is 6.07 Å². The molecular formula is C18H13N3O3S. The van der Waals surface area contributed by atoms with Gasteiger partial charge in [-0.05, 0) is 0 Å². The Morgan fingerprint density at radius 1 is 1.16 bits per heavy atom. The molecule has 25 heavy (non-hydrogen) atoms. The van der Waals surface area contributed by atoms with E-state index in [0.717, 1.165) is 11.8 Å². The maximum absolute atomic E-state index is 12.9. The summed E-state index contributed by atoms with van der Waals surface area (Å²) in [5, 5.41) is 20.4. The first-order chi connectivity index (χ1) is 12.0. The molecule has 0 amide bonds. The summed E-state index contributed by atoms with van der Waals surface area (Å²) in [7, 11) is 0. The van der Waals surface area contributed by atoms with E-state index in [1.54, 1.807) is 48.5 Å². The molecule has 6 nitrogen and oxygen atoms in total. The number of hydrogen-bond acceptors (Lipinski definition) is 6. The number of carbonyl (C=O) groups excluding carboxylic acids is 1. The molecule has 2 N–H and O–H groups in total. The number of rotatable bonds is 4. The topological polar surface area (TPSA) is 110 Å². The Bertz CT molecular complexity index is 919. The molecule has 3 rings (SSSR count). The molecule has 0 saturated carbocycles. The average molecular weight is 351 g/mol. The monoisotopic (exact) mass is 351 g/mol. The lowest BCUT2D eigenvalue weighted by molar-refractivity contribution is -0.385. The van der Waals surface area contributed by atoms with Crippen molar-refractivity contribution in [1.29, 1.82) is 5.26 Å². The van der Waals surface area contributed by atoms with Gasteiger partial charge < -0.3 is 5.73 Å². The van der Waals surface area contributed by atoms with Gasteiger partial charge in [0.25, 0.3) is 5.69 Å². The van der Waals surface area contributed by atoms with Gasteiger partial charge in [-0.2, -0.15) is 5.26 Å². The molecule has 124 valence electrons. The number of Topliss-reactive ketones (excluding diaryl/α,β-unsaturated/α-hetero) is 1. The Hall–Kier alpha value is -3.11. The number of ketones is 1. The SMILES string of the molecule is N#CC1=C(N)S[C@H](C(=O)c2ccccc2)[C@H]1c1ccccc1[N+](=O)[O-]. The van der Waals surface area contributed by atoms with Crippen molar-refractivity contribution >= 4 is 23.2 Å². The molecule has 2 aromatic carbocycles. The molecule has 2 atom stereocenters. The van der Waals surface area contributed by atoms with Crippen molar-refractivity contribution in [2.24, 2.45) is 5.73 Å². The second-order valence-electron chi connectivity index (χ2n) is 5.45. The van der Waals surface area contributed by atoms with Crippen LogP contribution >= 0.6 is 11.8 Å². The van der Waals surface area contributed by atoms with Crippen LogP contribution in [-0.4, -0.2) is 16.0 Å². The van der Waals surface area contributed by atoms with Gasteiger partial charge in [-0.3, -0.25) is 14.9 Å². The zero-order chi connectivity index (χ0) is 18.0. The first-order valence-electron chi connectivity index (χ1n) is 7.43. The van der Waals surface area contributed by atoms with E-state index in [9.17, 15) is 20.2 Å². The van der Waals surface area contributed by atoms with Crippen LogP contribution < -0.4 is 5.73 Å². The van der Waals surface area contributed by atoms with Crippen LogP contribution in [0.25, 0.3) is 0 Å². The third-order valence-electron chi connectivity index (χ3n) is 4.04. The number of allylic oxidation sites excluding steroid dienone is 1. The van der Waals surface area contributed by atoms with Crippen molar-refractivity contribution in [3.05, 3.63) is 86.4 Å². The lowest BCUT2D eigenvalue weighted by atomic mass is 9.85. The summed E-state index contributed by atoms with van der Waals surface area (Å²) >= 11 is 1.09. The van der Waals surface area contributed by atoms with E-state index < -0.39 is 16.1 Å². The van der Waals surface area contributed by atoms with Crippen molar-refractivity contribution in [3.63, 3.8) is 0 Å². The zero-order valence-electron chi connectivity index (χ0n) is 13.0. The Morgan fingerprint density at radius 2 is 1.80 bits per heavy atom. The highest BCUT2D eigenvalue weighted by atomic mass is 32.2. The van der Waals surface area contributed by atoms with Gasteiger partial charge in [-0.25, -0.2) is 0 Å². The van der Waals surface area contributed by atoms with E-state index in [4.69, 9.17) is 5.73 Å². The number of hydrogen-bond donors (Lipinski definition) is 1.